The van der Waals surface area contributed by atoms with E-state index in [0.717, 1.165) is 30.6 Å². The van der Waals surface area contributed by atoms with E-state index < -0.39 is 0 Å². The van der Waals surface area contributed by atoms with Gasteiger partial charge in [0, 0.05) is 6.04 Å². The van der Waals surface area contributed by atoms with Crippen LogP contribution in [0.25, 0.3) is 0 Å². The Labute approximate surface area is 123 Å². The molecule has 0 bridgehead atoms. The van der Waals surface area contributed by atoms with Crippen molar-refractivity contribution in [1.29, 1.82) is 0 Å². The number of ether oxygens (including phenoxy) is 1. The first-order chi connectivity index (χ1) is 9.65. The van der Waals surface area contributed by atoms with E-state index in [9.17, 15) is 0 Å². The maximum Gasteiger partial charge on any atom is 0.122 e. The fourth-order valence-corrected chi connectivity index (χ4v) is 3.03. The second-order valence-electron chi connectivity index (χ2n) is 6.28. The molecule has 1 aromatic rings. The highest BCUT2D eigenvalue weighted by molar-refractivity contribution is 5.37. The van der Waals surface area contributed by atoms with Crippen molar-refractivity contribution in [2.24, 2.45) is 11.8 Å². The van der Waals surface area contributed by atoms with Crippen LogP contribution >= 0.6 is 0 Å². The van der Waals surface area contributed by atoms with E-state index in [2.05, 4.69) is 44.3 Å². The summed E-state index contributed by atoms with van der Waals surface area (Å²) in [7, 11) is 1.77. The van der Waals surface area contributed by atoms with Crippen LogP contribution in [0.2, 0.25) is 0 Å². The average Bonchev–Trinajstić information content (AvgIpc) is 3.27. The number of rotatable bonds is 8. The summed E-state index contributed by atoms with van der Waals surface area (Å²) in [5, 5.41) is 3.75. The number of methoxy groups -OCH3 is 1. The van der Waals surface area contributed by atoms with Gasteiger partial charge in [0.05, 0.1) is 7.11 Å². The summed E-state index contributed by atoms with van der Waals surface area (Å²) in [6.07, 6.45) is 5.09. The molecule has 1 fully saturated rings. The first kappa shape index (κ1) is 15.4. The van der Waals surface area contributed by atoms with Gasteiger partial charge in [0.1, 0.15) is 5.75 Å². The third kappa shape index (κ3) is 3.99. The zero-order valence-electron chi connectivity index (χ0n) is 13.4. The summed E-state index contributed by atoms with van der Waals surface area (Å²) in [6.45, 7) is 7.91. The van der Waals surface area contributed by atoms with Gasteiger partial charge < -0.3 is 10.1 Å². The molecule has 2 rings (SSSR count). The van der Waals surface area contributed by atoms with Crippen LogP contribution in [0.5, 0.6) is 5.75 Å². The van der Waals surface area contributed by atoms with Gasteiger partial charge in [-0.2, -0.15) is 0 Å². The van der Waals surface area contributed by atoms with Crippen LogP contribution in [0.3, 0.4) is 0 Å². The SMILES string of the molecule is CCCNC(Cc1cc(C)ccc1OC)C(C)C1CC1. The van der Waals surface area contributed by atoms with Crippen molar-refractivity contribution in [2.75, 3.05) is 13.7 Å². The molecule has 0 saturated heterocycles. The highest BCUT2D eigenvalue weighted by Crippen LogP contribution is 2.39. The highest BCUT2D eigenvalue weighted by Gasteiger charge is 2.33. The number of hydrogen-bond donors (Lipinski definition) is 1. The standard InChI is InChI=1S/C18H29NO/c1-5-10-19-17(14(3)15-7-8-15)12-16-11-13(2)6-9-18(16)20-4/h6,9,11,14-15,17,19H,5,7-8,10,12H2,1-4H3. The van der Waals surface area contributed by atoms with E-state index in [4.69, 9.17) is 4.74 Å². The average molecular weight is 275 g/mol. The van der Waals surface area contributed by atoms with Crippen molar-refractivity contribution in [3.8, 4) is 5.75 Å². The quantitative estimate of drug-likeness (QED) is 0.775. The topological polar surface area (TPSA) is 21.3 Å². The Bertz CT molecular complexity index is 425. The van der Waals surface area contributed by atoms with Crippen molar-refractivity contribution in [3.63, 3.8) is 0 Å². The Balaban J connectivity index is 2.11. The molecule has 2 unspecified atom stereocenters. The molecule has 1 saturated carbocycles. The molecule has 0 aliphatic heterocycles. The third-order valence-electron chi connectivity index (χ3n) is 4.53. The van der Waals surface area contributed by atoms with Gasteiger partial charge in [-0.05, 0) is 62.6 Å². The van der Waals surface area contributed by atoms with Gasteiger partial charge in [-0.1, -0.05) is 31.5 Å². The van der Waals surface area contributed by atoms with Crippen molar-refractivity contribution in [2.45, 2.75) is 52.5 Å². The van der Waals surface area contributed by atoms with Gasteiger partial charge in [-0.15, -0.1) is 0 Å². The molecule has 0 spiro atoms. The fraction of sp³-hybridized carbons (Fsp3) is 0.667. The number of nitrogens with one attached hydrogen (secondary N) is 1. The Morgan fingerprint density at radius 2 is 2.10 bits per heavy atom. The lowest BCUT2D eigenvalue weighted by molar-refractivity contribution is 0.334. The van der Waals surface area contributed by atoms with Crippen molar-refractivity contribution in [3.05, 3.63) is 29.3 Å². The van der Waals surface area contributed by atoms with Gasteiger partial charge in [-0.3, -0.25) is 0 Å². The summed E-state index contributed by atoms with van der Waals surface area (Å²) < 4.78 is 5.53. The fourth-order valence-electron chi connectivity index (χ4n) is 3.03. The minimum absolute atomic E-state index is 0.568. The Hall–Kier alpha value is -1.02. The molecule has 0 aromatic heterocycles. The summed E-state index contributed by atoms with van der Waals surface area (Å²) >= 11 is 0. The lowest BCUT2D eigenvalue weighted by Gasteiger charge is -2.26. The first-order valence-electron chi connectivity index (χ1n) is 8.02. The van der Waals surface area contributed by atoms with E-state index >= 15 is 0 Å². The second-order valence-corrected chi connectivity index (χ2v) is 6.28. The van der Waals surface area contributed by atoms with E-state index in [1.807, 2.05) is 0 Å². The van der Waals surface area contributed by atoms with Gasteiger partial charge in [0.15, 0.2) is 0 Å². The normalized spacial score (nSPS) is 17.8. The minimum atomic E-state index is 0.568. The highest BCUT2D eigenvalue weighted by atomic mass is 16.5. The van der Waals surface area contributed by atoms with Crippen LogP contribution in [-0.2, 0) is 6.42 Å². The Morgan fingerprint density at radius 3 is 2.70 bits per heavy atom. The molecule has 1 aliphatic rings. The zero-order valence-corrected chi connectivity index (χ0v) is 13.4. The van der Waals surface area contributed by atoms with E-state index in [0.29, 0.717) is 6.04 Å². The van der Waals surface area contributed by atoms with Crippen LogP contribution in [0.15, 0.2) is 18.2 Å². The van der Waals surface area contributed by atoms with E-state index in [1.54, 1.807) is 7.11 Å². The summed E-state index contributed by atoms with van der Waals surface area (Å²) in [5.74, 6) is 2.72. The monoisotopic (exact) mass is 275 g/mol. The van der Waals surface area contributed by atoms with Crippen LogP contribution in [-0.4, -0.2) is 19.7 Å². The van der Waals surface area contributed by atoms with Crippen LogP contribution in [0.4, 0.5) is 0 Å². The van der Waals surface area contributed by atoms with Gasteiger partial charge in [0.25, 0.3) is 0 Å². The molecule has 1 aromatic carbocycles. The zero-order chi connectivity index (χ0) is 14.5. The molecule has 0 radical (unpaired) electrons. The molecular weight excluding hydrogens is 246 g/mol. The Kier molecular flexibility index (Phi) is 5.47. The second kappa shape index (κ2) is 7.12. The molecule has 0 amide bonds. The smallest absolute Gasteiger partial charge is 0.122 e. The van der Waals surface area contributed by atoms with Gasteiger partial charge in [0.2, 0.25) is 0 Å². The summed E-state index contributed by atoms with van der Waals surface area (Å²) in [4.78, 5) is 0. The molecule has 1 N–H and O–H groups in total. The Morgan fingerprint density at radius 1 is 1.35 bits per heavy atom. The van der Waals surface area contributed by atoms with Crippen LogP contribution < -0.4 is 10.1 Å². The maximum atomic E-state index is 5.53. The minimum Gasteiger partial charge on any atom is -0.496 e. The molecule has 2 atom stereocenters. The molecule has 2 nitrogen and oxygen atoms in total. The van der Waals surface area contributed by atoms with Crippen molar-refractivity contribution in [1.82, 2.24) is 5.32 Å². The van der Waals surface area contributed by atoms with Crippen LogP contribution in [0.1, 0.15) is 44.2 Å². The predicted octanol–water partition coefficient (Wildman–Crippen LogP) is 3.96. The summed E-state index contributed by atoms with van der Waals surface area (Å²) in [5.41, 5.74) is 2.66. The largest absolute Gasteiger partial charge is 0.496 e. The molecule has 112 valence electrons. The summed E-state index contributed by atoms with van der Waals surface area (Å²) in [6, 6.07) is 7.07. The lowest BCUT2D eigenvalue weighted by Crippen LogP contribution is -2.38. The van der Waals surface area contributed by atoms with Crippen molar-refractivity contribution >= 4 is 0 Å². The number of aryl methyl sites for hydroxylation is 1. The molecule has 1 aliphatic carbocycles. The number of hydrogen-bond acceptors (Lipinski definition) is 2. The maximum absolute atomic E-state index is 5.53. The molecule has 0 heterocycles. The van der Waals surface area contributed by atoms with Gasteiger partial charge in [-0.25, -0.2) is 0 Å². The van der Waals surface area contributed by atoms with E-state index in [1.165, 1.54) is 30.4 Å². The molecule has 2 heteroatoms. The van der Waals surface area contributed by atoms with Crippen LogP contribution in [0, 0.1) is 18.8 Å². The molecule has 20 heavy (non-hydrogen) atoms. The van der Waals surface area contributed by atoms with E-state index in [-0.39, 0.29) is 0 Å². The molecular formula is C18H29NO. The number of benzene rings is 1. The van der Waals surface area contributed by atoms with Crippen molar-refractivity contribution < 1.29 is 4.74 Å². The first-order valence-corrected chi connectivity index (χ1v) is 8.02. The van der Waals surface area contributed by atoms with Gasteiger partial charge >= 0.3 is 0 Å². The predicted molar refractivity (Wildman–Crippen MR) is 85.4 cm³/mol. The third-order valence-corrected chi connectivity index (χ3v) is 4.53. The lowest BCUT2D eigenvalue weighted by atomic mass is 9.90.